The largest absolute Gasteiger partial charge is 0.426 e. The van der Waals surface area contributed by atoms with E-state index in [1.165, 1.54) is 34.1 Å². The van der Waals surface area contributed by atoms with Crippen LogP contribution >= 0.6 is 0 Å². The van der Waals surface area contributed by atoms with Crippen molar-refractivity contribution in [3.63, 3.8) is 0 Å². The zero-order valence-electron chi connectivity index (χ0n) is 18.6. The maximum Gasteiger partial charge on any atom is 0.316 e. The van der Waals surface area contributed by atoms with Crippen LogP contribution in [0, 0.1) is 30.5 Å². The van der Waals surface area contributed by atoms with Gasteiger partial charge in [-0.3, -0.25) is 19.2 Å². The Morgan fingerprint density at radius 1 is 0.971 bits per heavy atom. The molecule has 0 unspecified atom stereocenters. The Morgan fingerprint density at radius 3 is 2.24 bits per heavy atom. The normalized spacial score (nSPS) is 24.1. The molecule has 2 aliphatic heterocycles. The number of ether oxygens (including phenoxy) is 1. The monoisotopic (exact) mass is 462 g/mol. The Balaban J connectivity index is 1.28. The van der Waals surface area contributed by atoms with E-state index >= 15 is 0 Å². The second-order valence-corrected chi connectivity index (χ2v) is 8.92. The molecule has 2 aromatic rings. The van der Waals surface area contributed by atoms with Gasteiger partial charge in [0.15, 0.2) is 0 Å². The molecule has 3 atom stereocenters. The third kappa shape index (κ3) is 3.79. The van der Waals surface area contributed by atoms with Crippen LogP contribution in [0.15, 0.2) is 54.6 Å². The summed E-state index contributed by atoms with van der Waals surface area (Å²) >= 11 is 0. The Bertz CT molecular complexity index is 1200. The molecule has 0 aromatic heterocycles. The first kappa shape index (κ1) is 22.0. The van der Waals surface area contributed by atoms with Crippen molar-refractivity contribution in [3.8, 4) is 5.75 Å². The van der Waals surface area contributed by atoms with Gasteiger partial charge in [-0.1, -0.05) is 12.2 Å². The fourth-order valence-electron chi connectivity index (χ4n) is 4.92. The molecule has 0 radical (unpaired) electrons. The lowest BCUT2D eigenvalue weighted by Crippen LogP contribution is -2.31. The number of hydrogen-bond donors (Lipinski definition) is 0. The quantitative estimate of drug-likeness (QED) is 0.300. The summed E-state index contributed by atoms with van der Waals surface area (Å²) in [6.07, 6.45) is 5.01. The molecule has 0 saturated carbocycles. The van der Waals surface area contributed by atoms with Crippen molar-refractivity contribution >= 4 is 35.1 Å². The molecule has 2 aromatic carbocycles. The summed E-state index contributed by atoms with van der Waals surface area (Å²) in [7, 11) is 0. The highest BCUT2D eigenvalue weighted by Crippen LogP contribution is 2.39. The van der Waals surface area contributed by atoms with Crippen LogP contribution < -0.4 is 14.5 Å². The molecule has 34 heavy (non-hydrogen) atoms. The first-order valence-electron chi connectivity index (χ1n) is 11.2. The number of carbonyl (C=O) groups is 4. The molecular weight excluding hydrogens is 439 g/mol. The van der Waals surface area contributed by atoms with Gasteiger partial charge in [0.1, 0.15) is 11.6 Å². The van der Waals surface area contributed by atoms with Crippen molar-refractivity contribution in [1.82, 2.24) is 0 Å². The van der Waals surface area contributed by atoms with Crippen molar-refractivity contribution in [2.75, 3.05) is 16.3 Å². The minimum atomic E-state index is -0.658. The van der Waals surface area contributed by atoms with Crippen LogP contribution in [0.5, 0.6) is 5.75 Å². The average Bonchev–Trinajstić information content (AvgIpc) is 3.33. The summed E-state index contributed by atoms with van der Waals surface area (Å²) in [6.45, 7) is 1.90. The number of imide groups is 1. The molecule has 1 aliphatic carbocycles. The molecular formula is C26H23FN2O5. The van der Waals surface area contributed by atoms with Gasteiger partial charge in [0.2, 0.25) is 17.7 Å². The molecule has 2 saturated heterocycles. The van der Waals surface area contributed by atoms with Gasteiger partial charge in [-0.2, -0.15) is 0 Å². The fraction of sp³-hybridized carbons (Fsp3) is 0.308. The summed E-state index contributed by atoms with van der Waals surface area (Å²) in [5.74, 6) is -2.60. The highest BCUT2D eigenvalue weighted by Gasteiger charge is 2.48. The minimum absolute atomic E-state index is 0.000862. The van der Waals surface area contributed by atoms with Crippen molar-refractivity contribution in [2.24, 2.45) is 17.8 Å². The number of fused-ring (bicyclic) bond motifs is 1. The van der Waals surface area contributed by atoms with E-state index in [1.54, 1.807) is 25.1 Å². The van der Waals surface area contributed by atoms with Crippen LogP contribution in [0.3, 0.4) is 0 Å². The second kappa shape index (κ2) is 8.52. The van der Waals surface area contributed by atoms with E-state index in [0.29, 0.717) is 29.8 Å². The summed E-state index contributed by atoms with van der Waals surface area (Å²) < 4.78 is 18.7. The van der Waals surface area contributed by atoms with Gasteiger partial charge in [0.25, 0.3) is 0 Å². The van der Waals surface area contributed by atoms with E-state index in [1.807, 2.05) is 12.2 Å². The van der Waals surface area contributed by atoms with Gasteiger partial charge in [-0.15, -0.1) is 0 Å². The molecule has 8 heteroatoms. The van der Waals surface area contributed by atoms with Crippen LogP contribution in [-0.2, 0) is 19.2 Å². The van der Waals surface area contributed by atoms with Crippen LogP contribution in [0.2, 0.25) is 0 Å². The van der Waals surface area contributed by atoms with Crippen molar-refractivity contribution in [2.45, 2.75) is 26.2 Å². The molecule has 2 heterocycles. The zero-order chi connectivity index (χ0) is 24.0. The molecule has 0 N–H and O–H groups in total. The van der Waals surface area contributed by atoms with Crippen molar-refractivity contribution < 1.29 is 28.3 Å². The Hall–Kier alpha value is -3.81. The smallest absolute Gasteiger partial charge is 0.316 e. The number of nitrogens with zero attached hydrogens (tertiary/aromatic N) is 2. The zero-order valence-corrected chi connectivity index (χ0v) is 18.6. The van der Waals surface area contributed by atoms with Crippen LogP contribution in [0.25, 0.3) is 0 Å². The number of rotatable bonds is 4. The lowest BCUT2D eigenvalue weighted by Gasteiger charge is -2.19. The number of anilines is 2. The minimum Gasteiger partial charge on any atom is -0.426 e. The highest BCUT2D eigenvalue weighted by atomic mass is 19.1. The molecule has 7 nitrogen and oxygen atoms in total. The lowest BCUT2D eigenvalue weighted by molar-refractivity contribution is -0.139. The number of carbonyl (C=O) groups excluding carboxylic acids is 4. The second-order valence-electron chi connectivity index (χ2n) is 8.92. The van der Waals surface area contributed by atoms with Crippen molar-refractivity contribution in [1.29, 1.82) is 0 Å². The summed E-state index contributed by atoms with van der Waals surface area (Å²) in [5.41, 5.74) is 1.65. The topological polar surface area (TPSA) is 84.0 Å². The predicted octanol–water partition coefficient (Wildman–Crippen LogP) is 3.55. The molecule has 3 aliphatic rings. The van der Waals surface area contributed by atoms with E-state index < -0.39 is 17.7 Å². The Morgan fingerprint density at radius 2 is 1.62 bits per heavy atom. The Labute approximate surface area is 195 Å². The van der Waals surface area contributed by atoms with E-state index in [-0.39, 0.29) is 48.3 Å². The number of amides is 3. The number of allylic oxidation sites excluding steroid dienone is 2. The van der Waals surface area contributed by atoms with Gasteiger partial charge in [0.05, 0.1) is 23.4 Å². The maximum atomic E-state index is 13.2. The average molecular weight is 462 g/mol. The van der Waals surface area contributed by atoms with Gasteiger partial charge < -0.3 is 9.64 Å². The molecule has 0 spiro atoms. The van der Waals surface area contributed by atoms with Crippen LogP contribution in [0.4, 0.5) is 15.8 Å². The van der Waals surface area contributed by atoms with Crippen LogP contribution in [0.1, 0.15) is 24.8 Å². The van der Waals surface area contributed by atoms with Gasteiger partial charge in [-0.25, -0.2) is 9.29 Å². The van der Waals surface area contributed by atoms with E-state index in [4.69, 9.17) is 4.74 Å². The highest BCUT2D eigenvalue weighted by molar-refractivity contribution is 6.22. The van der Waals surface area contributed by atoms with E-state index in [0.717, 1.165) is 0 Å². The fourth-order valence-corrected chi connectivity index (χ4v) is 4.92. The maximum absolute atomic E-state index is 13.2. The molecule has 3 amide bonds. The predicted molar refractivity (Wildman–Crippen MR) is 122 cm³/mol. The summed E-state index contributed by atoms with van der Waals surface area (Å²) in [5, 5.41) is 0. The third-order valence-electron chi connectivity index (χ3n) is 6.73. The summed E-state index contributed by atoms with van der Waals surface area (Å²) in [4.78, 5) is 53.5. The molecule has 5 rings (SSSR count). The Kier molecular flexibility index (Phi) is 5.51. The third-order valence-corrected chi connectivity index (χ3v) is 6.73. The van der Waals surface area contributed by atoms with Gasteiger partial charge in [-0.05, 0) is 67.8 Å². The number of hydrogen-bond acceptors (Lipinski definition) is 5. The standard InChI is InChI=1S/C26H23FN2O5/c1-15-12-19(10-11-22(15)29-24(31)20-4-2-3-5-21(20)25(29)32)34-26(33)16-13-23(30)28(14-16)18-8-6-17(27)7-9-18/h2-3,6-12,16,20-21H,4-5,13-14H2,1H3/t16-,20-,21+/m1/s1. The van der Waals surface area contributed by atoms with E-state index in [9.17, 15) is 23.6 Å². The van der Waals surface area contributed by atoms with Gasteiger partial charge in [0, 0.05) is 18.7 Å². The molecule has 2 fully saturated rings. The molecule has 174 valence electrons. The lowest BCUT2D eigenvalue weighted by atomic mass is 9.85. The number of esters is 1. The van der Waals surface area contributed by atoms with Gasteiger partial charge >= 0.3 is 5.97 Å². The first-order chi connectivity index (χ1) is 16.3. The molecule has 0 bridgehead atoms. The number of halogens is 1. The number of aryl methyl sites for hydroxylation is 1. The first-order valence-corrected chi connectivity index (χ1v) is 11.2. The van der Waals surface area contributed by atoms with Crippen molar-refractivity contribution in [3.05, 3.63) is 66.0 Å². The SMILES string of the molecule is Cc1cc(OC(=O)[C@@H]2CC(=O)N(c3ccc(F)cc3)C2)ccc1N1C(=O)[C@H]2CC=CC[C@H]2C1=O. The number of benzene rings is 2. The van der Waals surface area contributed by atoms with Crippen LogP contribution in [-0.4, -0.2) is 30.2 Å². The summed E-state index contributed by atoms with van der Waals surface area (Å²) in [6, 6.07) is 10.3. The van der Waals surface area contributed by atoms with E-state index in [2.05, 4.69) is 0 Å².